The zero-order chi connectivity index (χ0) is 15.3. The maximum absolute atomic E-state index is 13.8. The SMILES string of the molecule is O=S(=O)(Nc1ccc(C#CCCO)c(F)c1)C1CCCC1. The molecule has 1 aliphatic carbocycles. The largest absolute Gasteiger partial charge is 0.395 e. The summed E-state index contributed by atoms with van der Waals surface area (Å²) >= 11 is 0. The highest BCUT2D eigenvalue weighted by Gasteiger charge is 2.28. The van der Waals surface area contributed by atoms with E-state index in [1.807, 2.05) is 0 Å². The van der Waals surface area contributed by atoms with Crippen molar-refractivity contribution in [2.24, 2.45) is 0 Å². The Balaban J connectivity index is 2.12. The van der Waals surface area contributed by atoms with Crippen molar-refractivity contribution in [2.45, 2.75) is 37.4 Å². The Labute approximate surface area is 124 Å². The van der Waals surface area contributed by atoms with Crippen LogP contribution in [-0.4, -0.2) is 25.4 Å². The van der Waals surface area contributed by atoms with Crippen molar-refractivity contribution in [1.82, 2.24) is 0 Å². The van der Waals surface area contributed by atoms with Gasteiger partial charge in [-0.2, -0.15) is 0 Å². The second kappa shape index (κ2) is 6.92. The second-order valence-corrected chi connectivity index (χ2v) is 6.98. The molecular formula is C15H18FNO3S. The van der Waals surface area contributed by atoms with Gasteiger partial charge in [-0.25, -0.2) is 12.8 Å². The van der Waals surface area contributed by atoms with E-state index in [4.69, 9.17) is 5.11 Å². The molecule has 1 aromatic carbocycles. The maximum atomic E-state index is 13.8. The van der Waals surface area contributed by atoms with Gasteiger partial charge in [0, 0.05) is 6.42 Å². The predicted molar refractivity (Wildman–Crippen MR) is 79.8 cm³/mol. The molecule has 0 aliphatic heterocycles. The number of nitrogens with one attached hydrogen (secondary N) is 1. The predicted octanol–water partition coefficient (Wildman–Crippen LogP) is 2.24. The summed E-state index contributed by atoms with van der Waals surface area (Å²) in [7, 11) is -3.45. The highest BCUT2D eigenvalue weighted by atomic mass is 32.2. The van der Waals surface area contributed by atoms with Crippen molar-refractivity contribution >= 4 is 15.7 Å². The molecule has 0 saturated heterocycles. The lowest BCUT2D eigenvalue weighted by molar-refractivity contribution is 0.305. The average Bonchev–Trinajstić information content (AvgIpc) is 2.96. The number of rotatable bonds is 4. The summed E-state index contributed by atoms with van der Waals surface area (Å²) < 4.78 is 40.5. The van der Waals surface area contributed by atoms with E-state index >= 15 is 0 Å². The van der Waals surface area contributed by atoms with Gasteiger partial charge in [-0.1, -0.05) is 24.7 Å². The van der Waals surface area contributed by atoms with E-state index in [-0.39, 0.29) is 29.5 Å². The van der Waals surface area contributed by atoms with E-state index in [1.165, 1.54) is 12.1 Å². The number of anilines is 1. The fourth-order valence-corrected chi connectivity index (χ4v) is 3.92. The van der Waals surface area contributed by atoms with Crippen LogP contribution in [0.5, 0.6) is 0 Å². The first kappa shape index (κ1) is 15.8. The molecule has 1 saturated carbocycles. The lowest BCUT2D eigenvalue weighted by Gasteiger charge is -2.13. The van der Waals surface area contributed by atoms with Crippen LogP contribution < -0.4 is 4.72 Å². The van der Waals surface area contributed by atoms with Gasteiger partial charge in [0.05, 0.1) is 23.1 Å². The Kier molecular flexibility index (Phi) is 5.21. The van der Waals surface area contributed by atoms with Crippen molar-refractivity contribution in [2.75, 3.05) is 11.3 Å². The first-order chi connectivity index (χ1) is 10.0. The van der Waals surface area contributed by atoms with Crippen LogP contribution >= 0.6 is 0 Å². The lowest BCUT2D eigenvalue weighted by atomic mass is 10.2. The van der Waals surface area contributed by atoms with E-state index < -0.39 is 15.8 Å². The van der Waals surface area contributed by atoms with Crippen molar-refractivity contribution in [1.29, 1.82) is 0 Å². The fraction of sp³-hybridized carbons (Fsp3) is 0.467. The number of aliphatic hydroxyl groups excluding tert-OH is 1. The van der Waals surface area contributed by atoms with Gasteiger partial charge >= 0.3 is 0 Å². The molecular weight excluding hydrogens is 293 g/mol. The topological polar surface area (TPSA) is 66.4 Å². The number of hydrogen-bond acceptors (Lipinski definition) is 3. The molecule has 2 N–H and O–H groups in total. The third-order valence-corrected chi connectivity index (χ3v) is 5.30. The van der Waals surface area contributed by atoms with Crippen LogP contribution in [0.3, 0.4) is 0 Å². The number of aliphatic hydroxyl groups is 1. The maximum Gasteiger partial charge on any atom is 0.235 e. The molecule has 0 radical (unpaired) electrons. The molecule has 0 aromatic heterocycles. The minimum absolute atomic E-state index is 0.0755. The molecule has 21 heavy (non-hydrogen) atoms. The van der Waals surface area contributed by atoms with Gasteiger partial charge in [0.1, 0.15) is 5.82 Å². The Morgan fingerprint density at radius 2 is 2.05 bits per heavy atom. The quantitative estimate of drug-likeness (QED) is 0.838. The molecule has 2 rings (SSSR count). The summed E-state index contributed by atoms with van der Waals surface area (Å²) in [6, 6.07) is 4.07. The smallest absolute Gasteiger partial charge is 0.235 e. The minimum Gasteiger partial charge on any atom is -0.395 e. The van der Waals surface area contributed by atoms with E-state index in [0.29, 0.717) is 12.8 Å². The molecule has 1 aromatic rings. The highest BCUT2D eigenvalue weighted by Crippen LogP contribution is 2.26. The van der Waals surface area contributed by atoms with Crippen molar-refractivity contribution in [3.63, 3.8) is 0 Å². The van der Waals surface area contributed by atoms with Crippen LogP contribution in [0, 0.1) is 17.7 Å². The summed E-state index contributed by atoms with van der Waals surface area (Å²) in [5.74, 6) is 4.65. The molecule has 1 fully saturated rings. The summed E-state index contributed by atoms with van der Waals surface area (Å²) in [5.41, 5.74) is 0.402. The molecule has 6 heteroatoms. The first-order valence-electron chi connectivity index (χ1n) is 6.94. The monoisotopic (exact) mass is 311 g/mol. The van der Waals surface area contributed by atoms with Gasteiger partial charge < -0.3 is 5.11 Å². The fourth-order valence-electron chi connectivity index (χ4n) is 2.34. The van der Waals surface area contributed by atoms with Gasteiger partial charge in [0.2, 0.25) is 10.0 Å². The molecule has 0 spiro atoms. The Morgan fingerprint density at radius 1 is 1.33 bits per heavy atom. The molecule has 0 bridgehead atoms. The molecule has 114 valence electrons. The van der Waals surface area contributed by atoms with E-state index in [2.05, 4.69) is 16.6 Å². The first-order valence-corrected chi connectivity index (χ1v) is 8.48. The van der Waals surface area contributed by atoms with E-state index in [0.717, 1.165) is 18.9 Å². The van der Waals surface area contributed by atoms with E-state index in [1.54, 1.807) is 0 Å². The minimum atomic E-state index is -3.45. The molecule has 0 amide bonds. The third-order valence-electron chi connectivity index (χ3n) is 3.43. The lowest BCUT2D eigenvalue weighted by Crippen LogP contribution is -2.25. The van der Waals surface area contributed by atoms with E-state index in [9.17, 15) is 12.8 Å². The van der Waals surface area contributed by atoms with Crippen LogP contribution in [0.15, 0.2) is 18.2 Å². The third kappa shape index (κ3) is 4.19. The van der Waals surface area contributed by atoms with Crippen molar-refractivity contribution in [3.8, 4) is 11.8 Å². The number of sulfonamides is 1. The standard InChI is InChI=1S/C15H18FNO3S/c16-15-11-13(9-8-12(15)5-3-4-10-18)17-21(19,20)14-6-1-2-7-14/h8-9,11,14,17-18H,1-2,4,6-7,10H2. The van der Waals surface area contributed by atoms with Gasteiger partial charge in [-0.3, -0.25) is 4.72 Å². The Hall–Kier alpha value is -1.58. The van der Waals surface area contributed by atoms with Crippen LogP contribution in [0.1, 0.15) is 37.7 Å². The molecule has 0 heterocycles. The van der Waals surface area contributed by atoms with Gasteiger partial charge in [0.15, 0.2) is 0 Å². The molecule has 0 atom stereocenters. The van der Waals surface area contributed by atoms with Gasteiger partial charge in [-0.05, 0) is 31.0 Å². The molecule has 4 nitrogen and oxygen atoms in total. The van der Waals surface area contributed by atoms with Crippen molar-refractivity contribution < 1.29 is 17.9 Å². The summed E-state index contributed by atoms with van der Waals surface area (Å²) in [5, 5.41) is 8.23. The zero-order valence-electron chi connectivity index (χ0n) is 11.6. The number of hydrogen-bond donors (Lipinski definition) is 2. The Bertz CT molecular complexity index is 655. The number of benzene rings is 1. The van der Waals surface area contributed by atoms with Crippen LogP contribution in [-0.2, 0) is 10.0 Å². The normalized spacial score (nSPS) is 15.5. The average molecular weight is 311 g/mol. The van der Waals surface area contributed by atoms with Crippen molar-refractivity contribution in [3.05, 3.63) is 29.6 Å². The summed E-state index contributed by atoms with van der Waals surface area (Å²) in [6.07, 6.45) is 3.42. The van der Waals surface area contributed by atoms with Crippen LogP contribution in [0.4, 0.5) is 10.1 Å². The summed E-state index contributed by atoms with van der Waals surface area (Å²) in [6.45, 7) is -0.0755. The van der Waals surface area contributed by atoms with Crippen LogP contribution in [0.25, 0.3) is 0 Å². The second-order valence-electron chi connectivity index (χ2n) is 5.02. The highest BCUT2D eigenvalue weighted by molar-refractivity contribution is 7.93. The van der Waals surface area contributed by atoms with Gasteiger partial charge in [0.25, 0.3) is 0 Å². The molecule has 1 aliphatic rings. The Morgan fingerprint density at radius 3 is 2.67 bits per heavy atom. The summed E-state index contributed by atoms with van der Waals surface area (Å²) in [4.78, 5) is 0. The number of halogens is 1. The van der Waals surface area contributed by atoms with Gasteiger partial charge in [-0.15, -0.1) is 0 Å². The molecule has 0 unspecified atom stereocenters. The zero-order valence-corrected chi connectivity index (χ0v) is 12.4. The van der Waals surface area contributed by atoms with Crippen LogP contribution in [0.2, 0.25) is 0 Å².